The van der Waals surface area contributed by atoms with Crippen molar-refractivity contribution in [3.05, 3.63) is 36.0 Å². The Morgan fingerprint density at radius 2 is 2.05 bits per heavy atom. The molecule has 1 aromatic carbocycles. The molecule has 2 aromatic rings. The molecule has 1 heterocycles. The molecule has 0 aliphatic rings. The molecule has 5 nitrogen and oxygen atoms in total. The second kappa shape index (κ2) is 7.64. The van der Waals surface area contributed by atoms with Gasteiger partial charge in [0.2, 0.25) is 5.91 Å². The van der Waals surface area contributed by atoms with Crippen molar-refractivity contribution in [3.8, 4) is 0 Å². The van der Waals surface area contributed by atoms with Crippen LogP contribution in [0.4, 0.5) is 0 Å². The van der Waals surface area contributed by atoms with Crippen molar-refractivity contribution in [1.82, 2.24) is 10.3 Å². The number of benzene rings is 1. The molecule has 0 saturated heterocycles. The van der Waals surface area contributed by atoms with E-state index in [1.54, 1.807) is 0 Å². The molecule has 5 heteroatoms. The molecule has 0 unspecified atom stereocenters. The average molecular weight is 302 g/mol. The molecule has 1 aromatic heterocycles. The van der Waals surface area contributed by atoms with Crippen LogP contribution in [0.1, 0.15) is 38.2 Å². The highest BCUT2D eigenvalue weighted by Crippen LogP contribution is 2.19. The van der Waals surface area contributed by atoms with Crippen LogP contribution in [0.3, 0.4) is 0 Å². The Morgan fingerprint density at radius 3 is 2.77 bits per heavy atom. The molecule has 118 valence electrons. The van der Waals surface area contributed by atoms with Crippen LogP contribution >= 0.6 is 0 Å². The van der Waals surface area contributed by atoms with E-state index in [-0.39, 0.29) is 12.3 Å². The monoisotopic (exact) mass is 302 g/mol. The van der Waals surface area contributed by atoms with Gasteiger partial charge in [0.25, 0.3) is 0 Å². The summed E-state index contributed by atoms with van der Waals surface area (Å²) in [5.74, 6) is -1.20. The van der Waals surface area contributed by atoms with Crippen molar-refractivity contribution in [3.63, 3.8) is 0 Å². The van der Waals surface area contributed by atoms with Crippen LogP contribution in [-0.4, -0.2) is 28.0 Å². The van der Waals surface area contributed by atoms with Crippen LogP contribution in [0.5, 0.6) is 0 Å². The number of hydrogen-bond acceptors (Lipinski definition) is 2. The molecular weight excluding hydrogens is 280 g/mol. The average Bonchev–Trinajstić information content (AvgIpc) is 2.90. The normalized spacial score (nSPS) is 12.2. The van der Waals surface area contributed by atoms with E-state index in [4.69, 9.17) is 0 Å². The molecule has 22 heavy (non-hydrogen) atoms. The molecule has 0 aliphatic carbocycles. The van der Waals surface area contributed by atoms with Gasteiger partial charge in [0.1, 0.15) is 6.04 Å². The molecule has 1 amide bonds. The fraction of sp³-hybridized carbons (Fsp3) is 0.412. The highest BCUT2D eigenvalue weighted by molar-refractivity contribution is 5.86. The summed E-state index contributed by atoms with van der Waals surface area (Å²) in [6.45, 7) is 2.06. The summed E-state index contributed by atoms with van der Waals surface area (Å²) in [5.41, 5.74) is 1.87. The molecule has 2 rings (SSSR count). The van der Waals surface area contributed by atoms with Crippen LogP contribution in [0.25, 0.3) is 10.9 Å². The molecule has 0 saturated carbocycles. The third-order valence-corrected chi connectivity index (χ3v) is 3.74. The summed E-state index contributed by atoms with van der Waals surface area (Å²) in [7, 11) is 0. The first-order valence-electron chi connectivity index (χ1n) is 7.69. The Bertz CT molecular complexity index is 648. The first-order chi connectivity index (χ1) is 10.6. The number of H-pyrrole nitrogens is 1. The van der Waals surface area contributed by atoms with Crippen LogP contribution in [0, 0.1) is 0 Å². The topological polar surface area (TPSA) is 82.2 Å². The molecular formula is C17H22N2O3. The Labute approximate surface area is 129 Å². The number of amides is 1. The molecule has 1 atom stereocenters. The number of carboxylic acid groups (broad SMARTS) is 1. The van der Waals surface area contributed by atoms with Gasteiger partial charge in [-0.15, -0.1) is 0 Å². The number of carbonyl (C=O) groups is 2. The smallest absolute Gasteiger partial charge is 0.326 e. The van der Waals surface area contributed by atoms with Crippen molar-refractivity contribution >= 4 is 22.8 Å². The number of aliphatic carboxylic acids is 1. The maximum Gasteiger partial charge on any atom is 0.326 e. The van der Waals surface area contributed by atoms with Crippen LogP contribution in [0.15, 0.2) is 30.5 Å². The van der Waals surface area contributed by atoms with E-state index in [2.05, 4.69) is 17.2 Å². The van der Waals surface area contributed by atoms with Gasteiger partial charge in [-0.05, 0) is 18.1 Å². The number of rotatable bonds is 8. The van der Waals surface area contributed by atoms with Crippen LogP contribution in [-0.2, 0) is 16.0 Å². The van der Waals surface area contributed by atoms with Gasteiger partial charge in [-0.1, -0.05) is 38.0 Å². The number of para-hydroxylation sites is 1. The molecule has 0 spiro atoms. The fourth-order valence-corrected chi connectivity index (χ4v) is 2.52. The van der Waals surface area contributed by atoms with E-state index in [1.807, 2.05) is 30.5 Å². The van der Waals surface area contributed by atoms with Crippen molar-refractivity contribution in [2.24, 2.45) is 0 Å². The Hall–Kier alpha value is -2.30. The number of aromatic nitrogens is 1. The summed E-state index contributed by atoms with van der Waals surface area (Å²) in [5, 5.41) is 13.0. The Morgan fingerprint density at radius 1 is 1.27 bits per heavy atom. The minimum absolute atomic E-state index is 0.194. The predicted octanol–water partition coefficient (Wildman–Crippen LogP) is 2.86. The lowest BCUT2D eigenvalue weighted by Gasteiger charge is -2.14. The van der Waals surface area contributed by atoms with E-state index in [0.717, 1.165) is 35.7 Å². The Balaban J connectivity index is 2.03. The number of aromatic amines is 1. The number of nitrogens with one attached hydrogen (secondary N) is 2. The van der Waals surface area contributed by atoms with Gasteiger partial charge < -0.3 is 15.4 Å². The first kappa shape index (κ1) is 16.1. The SMILES string of the molecule is CCCCCC(=O)N[C@@H](Cc1c[nH]c2ccccc12)C(=O)O. The summed E-state index contributed by atoms with van der Waals surface area (Å²) in [4.78, 5) is 26.4. The van der Waals surface area contributed by atoms with Crippen molar-refractivity contribution in [1.29, 1.82) is 0 Å². The van der Waals surface area contributed by atoms with Gasteiger partial charge in [-0.25, -0.2) is 4.79 Å². The van der Waals surface area contributed by atoms with Crippen LogP contribution < -0.4 is 5.32 Å². The minimum Gasteiger partial charge on any atom is -0.480 e. The molecule has 0 radical (unpaired) electrons. The van der Waals surface area contributed by atoms with Crippen LogP contribution in [0.2, 0.25) is 0 Å². The van der Waals surface area contributed by atoms with E-state index in [9.17, 15) is 14.7 Å². The largest absolute Gasteiger partial charge is 0.480 e. The van der Waals surface area contributed by atoms with E-state index >= 15 is 0 Å². The maximum atomic E-state index is 11.8. The van der Waals surface area contributed by atoms with E-state index < -0.39 is 12.0 Å². The van der Waals surface area contributed by atoms with Gasteiger partial charge in [-0.3, -0.25) is 4.79 Å². The second-order valence-electron chi connectivity index (χ2n) is 5.48. The van der Waals surface area contributed by atoms with Crippen molar-refractivity contribution in [2.45, 2.75) is 45.1 Å². The highest BCUT2D eigenvalue weighted by atomic mass is 16.4. The molecule has 0 bridgehead atoms. The van der Waals surface area contributed by atoms with Gasteiger partial charge in [-0.2, -0.15) is 0 Å². The summed E-state index contributed by atoms with van der Waals surface area (Å²) in [6.07, 6.45) is 5.27. The first-order valence-corrected chi connectivity index (χ1v) is 7.69. The standard InChI is InChI=1S/C17H22N2O3/c1-2-3-4-9-16(20)19-15(17(21)22)10-12-11-18-14-8-6-5-7-13(12)14/h5-8,11,15,18H,2-4,9-10H2,1H3,(H,19,20)(H,21,22)/t15-/m0/s1. The predicted molar refractivity (Wildman–Crippen MR) is 85.7 cm³/mol. The summed E-state index contributed by atoms with van der Waals surface area (Å²) in [6, 6.07) is 6.83. The summed E-state index contributed by atoms with van der Waals surface area (Å²) < 4.78 is 0. The fourth-order valence-electron chi connectivity index (χ4n) is 2.52. The zero-order chi connectivity index (χ0) is 15.9. The maximum absolute atomic E-state index is 11.8. The number of unbranched alkanes of at least 4 members (excludes halogenated alkanes) is 2. The van der Waals surface area contributed by atoms with E-state index in [0.29, 0.717) is 6.42 Å². The number of fused-ring (bicyclic) bond motifs is 1. The Kier molecular flexibility index (Phi) is 5.58. The number of hydrogen-bond donors (Lipinski definition) is 3. The quantitative estimate of drug-likeness (QED) is 0.656. The third-order valence-electron chi connectivity index (χ3n) is 3.74. The minimum atomic E-state index is -1.01. The lowest BCUT2D eigenvalue weighted by atomic mass is 10.0. The molecule has 0 aliphatic heterocycles. The zero-order valence-electron chi connectivity index (χ0n) is 12.8. The lowest BCUT2D eigenvalue weighted by molar-refractivity contribution is -0.141. The summed E-state index contributed by atoms with van der Waals surface area (Å²) >= 11 is 0. The zero-order valence-corrected chi connectivity index (χ0v) is 12.8. The molecule has 0 fully saturated rings. The van der Waals surface area contributed by atoms with Crippen molar-refractivity contribution in [2.75, 3.05) is 0 Å². The number of carboxylic acids is 1. The van der Waals surface area contributed by atoms with Gasteiger partial charge in [0.15, 0.2) is 0 Å². The second-order valence-corrected chi connectivity index (χ2v) is 5.48. The van der Waals surface area contributed by atoms with E-state index in [1.165, 1.54) is 0 Å². The van der Waals surface area contributed by atoms with Gasteiger partial charge in [0, 0.05) is 29.9 Å². The number of carbonyl (C=O) groups excluding carboxylic acids is 1. The van der Waals surface area contributed by atoms with Gasteiger partial charge >= 0.3 is 5.97 Å². The third kappa shape index (κ3) is 4.10. The van der Waals surface area contributed by atoms with Gasteiger partial charge in [0.05, 0.1) is 0 Å². The molecule has 3 N–H and O–H groups in total. The van der Waals surface area contributed by atoms with Crippen molar-refractivity contribution < 1.29 is 14.7 Å². The highest BCUT2D eigenvalue weighted by Gasteiger charge is 2.21. The lowest BCUT2D eigenvalue weighted by Crippen LogP contribution is -2.42.